The summed E-state index contributed by atoms with van der Waals surface area (Å²) in [4.78, 5) is 4.78. The maximum atomic E-state index is 10.2. The Morgan fingerprint density at radius 1 is 1.33 bits per heavy atom. The molecule has 0 aliphatic carbocycles. The number of benzene rings is 1. The fraction of sp³-hybridized carbons (Fsp3) is 0.632. The second kappa shape index (κ2) is 9.63. The fourth-order valence-electron chi connectivity index (χ4n) is 3.25. The van der Waals surface area contributed by atoms with Crippen LogP contribution in [-0.2, 0) is 0 Å². The molecule has 1 unspecified atom stereocenters. The summed E-state index contributed by atoms with van der Waals surface area (Å²) in [6.45, 7) is 6.61. The van der Waals surface area contributed by atoms with Gasteiger partial charge in [-0.25, -0.2) is 0 Å². The van der Waals surface area contributed by atoms with Gasteiger partial charge in [-0.05, 0) is 70.2 Å². The second-order valence-corrected chi connectivity index (χ2v) is 6.61. The van der Waals surface area contributed by atoms with E-state index in [1.165, 1.54) is 25.8 Å². The van der Waals surface area contributed by atoms with Gasteiger partial charge in [0.05, 0.1) is 11.6 Å². The minimum atomic E-state index is -0.515. The number of likely N-dealkylation sites (tertiary alicyclic amines) is 1. The SMILES string of the molecule is CCCN1CCC(N(C)CC(O)COc2ccc(C#N)cc2)CC1. The first-order chi connectivity index (χ1) is 11.6. The van der Waals surface area contributed by atoms with Crippen molar-refractivity contribution in [1.29, 1.82) is 5.26 Å². The highest BCUT2D eigenvalue weighted by Gasteiger charge is 2.23. The Labute approximate surface area is 145 Å². The normalized spacial score (nSPS) is 17.6. The summed E-state index contributed by atoms with van der Waals surface area (Å²) in [6, 6.07) is 9.59. The molecule has 0 spiro atoms. The molecule has 5 heteroatoms. The topological polar surface area (TPSA) is 59.7 Å². The molecule has 1 atom stereocenters. The Morgan fingerprint density at radius 2 is 2.00 bits per heavy atom. The molecule has 24 heavy (non-hydrogen) atoms. The summed E-state index contributed by atoms with van der Waals surface area (Å²) in [5.41, 5.74) is 0.608. The molecule has 1 aliphatic rings. The van der Waals surface area contributed by atoms with Gasteiger partial charge in [0.1, 0.15) is 18.5 Å². The first kappa shape index (κ1) is 18.7. The van der Waals surface area contributed by atoms with Crippen LogP contribution in [0, 0.1) is 11.3 Å². The molecule has 1 heterocycles. The number of rotatable bonds is 8. The van der Waals surface area contributed by atoms with Crippen LogP contribution in [0.1, 0.15) is 31.7 Å². The van der Waals surface area contributed by atoms with Crippen molar-refractivity contribution in [2.75, 3.05) is 39.8 Å². The summed E-state index contributed by atoms with van der Waals surface area (Å²) >= 11 is 0. The van der Waals surface area contributed by atoms with Gasteiger partial charge < -0.3 is 19.6 Å². The molecule has 0 saturated carbocycles. The van der Waals surface area contributed by atoms with Crippen LogP contribution in [0.25, 0.3) is 0 Å². The van der Waals surface area contributed by atoms with Crippen LogP contribution in [0.15, 0.2) is 24.3 Å². The monoisotopic (exact) mass is 331 g/mol. The fourth-order valence-corrected chi connectivity index (χ4v) is 3.25. The number of piperidine rings is 1. The zero-order chi connectivity index (χ0) is 17.4. The molecule has 0 radical (unpaired) electrons. The number of nitrogens with zero attached hydrogens (tertiary/aromatic N) is 3. The van der Waals surface area contributed by atoms with Crippen molar-refractivity contribution in [3.63, 3.8) is 0 Å². The first-order valence-corrected chi connectivity index (χ1v) is 8.86. The van der Waals surface area contributed by atoms with Gasteiger partial charge in [-0.2, -0.15) is 5.26 Å². The van der Waals surface area contributed by atoms with E-state index >= 15 is 0 Å². The Kier molecular flexibility index (Phi) is 7.51. The number of aliphatic hydroxyl groups excluding tert-OH is 1. The Morgan fingerprint density at radius 3 is 2.58 bits per heavy atom. The quantitative estimate of drug-likeness (QED) is 0.790. The lowest BCUT2D eigenvalue weighted by Crippen LogP contribution is -2.46. The minimum Gasteiger partial charge on any atom is -0.491 e. The molecule has 5 nitrogen and oxygen atoms in total. The lowest BCUT2D eigenvalue weighted by Gasteiger charge is -2.37. The van der Waals surface area contributed by atoms with Crippen LogP contribution in [0.2, 0.25) is 0 Å². The van der Waals surface area contributed by atoms with Crippen molar-refractivity contribution in [3.05, 3.63) is 29.8 Å². The maximum Gasteiger partial charge on any atom is 0.119 e. The smallest absolute Gasteiger partial charge is 0.119 e. The van der Waals surface area contributed by atoms with Crippen LogP contribution >= 0.6 is 0 Å². The van der Waals surface area contributed by atoms with E-state index in [1.807, 2.05) is 0 Å². The van der Waals surface area contributed by atoms with E-state index in [4.69, 9.17) is 10.00 Å². The largest absolute Gasteiger partial charge is 0.491 e. The zero-order valence-electron chi connectivity index (χ0n) is 14.8. The van der Waals surface area contributed by atoms with Crippen molar-refractivity contribution in [3.8, 4) is 11.8 Å². The molecule has 0 aromatic heterocycles. The van der Waals surface area contributed by atoms with Crippen LogP contribution < -0.4 is 4.74 Å². The lowest BCUT2D eigenvalue weighted by molar-refractivity contribution is 0.0472. The van der Waals surface area contributed by atoms with E-state index < -0.39 is 6.10 Å². The maximum absolute atomic E-state index is 10.2. The average Bonchev–Trinajstić information content (AvgIpc) is 2.61. The molecular weight excluding hydrogens is 302 g/mol. The van der Waals surface area contributed by atoms with Crippen LogP contribution in [0.3, 0.4) is 0 Å². The van der Waals surface area contributed by atoms with Gasteiger partial charge in [-0.1, -0.05) is 6.92 Å². The molecule has 2 rings (SSSR count). The third kappa shape index (κ3) is 5.79. The van der Waals surface area contributed by atoms with Crippen molar-refractivity contribution in [2.24, 2.45) is 0 Å². The van der Waals surface area contributed by atoms with Gasteiger partial charge in [0.15, 0.2) is 0 Å². The van der Waals surface area contributed by atoms with Crippen molar-refractivity contribution in [2.45, 2.75) is 38.3 Å². The number of hydrogen-bond donors (Lipinski definition) is 1. The number of aliphatic hydroxyl groups is 1. The van der Waals surface area contributed by atoms with E-state index in [2.05, 4.69) is 29.8 Å². The minimum absolute atomic E-state index is 0.269. The van der Waals surface area contributed by atoms with E-state index in [1.54, 1.807) is 24.3 Å². The van der Waals surface area contributed by atoms with Crippen molar-refractivity contribution in [1.82, 2.24) is 9.80 Å². The van der Waals surface area contributed by atoms with Gasteiger partial charge in [-0.3, -0.25) is 0 Å². The summed E-state index contributed by atoms with van der Waals surface area (Å²) < 4.78 is 5.61. The molecule has 1 saturated heterocycles. The average molecular weight is 331 g/mol. The van der Waals surface area contributed by atoms with Crippen LogP contribution in [0.4, 0.5) is 0 Å². The molecule has 1 N–H and O–H groups in total. The van der Waals surface area contributed by atoms with E-state index in [-0.39, 0.29) is 6.61 Å². The van der Waals surface area contributed by atoms with Gasteiger partial charge in [0, 0.05) is 12.6 Å². The van der Waals surface area contributed by atoms with Gasteiger partial charge in [0.2, 0.25) is 0 Å². The first-order valence-electron chi connectivity index (χ1n) is 8.86. The number of hydrogen-bond acceptors (Lipinski definition) is 5. The molecule has 1 aromatic rings. The summed E-state index contributed by atoms with van der Waals surface area (Å²) in [5.74, 6) is 0.684. The highest BCUT2D eigenvalue weighted by atomic mass is 16.5. The third-order valence-corrected chi connectivity index (χ3v) is 4.64. The van der Waals surface area contributed by atoms with Crippen molar-refractivity contribution < 1.29 is 9.84 Å². The Bertz CT molecular complexity index is 518. The molecule has 0 bridgehead atoms. The predicted octanol–water partition coefficient (Wildman–Crippen LogP) is 2.10. The molecule has 132 valence electrons. The molecular formula is C19H29N3O2. The van der Waals surface area contributed by atoms with E-state index in [9.17, 15) is 5.11 Å². The lowest BCUT2D eigenvalue weighted by atomic mass is 10.0. The molecule has 1 aromatic carbocycles. The van der Waals surface area contributed by atoms with Crippen molar-refractivity contribution >= 4 is 0 Å². The Balaban J connectivity index is 1.69. The number of ether oxygens (including phenoxy) is 1. The van der Waals surface area contributed by atoms with E-state index in [0.717, 1.165) is 13.1 Å². The highest BCUT2D eigenvalue weighted by Crippen LogP contribution is 2.16. The molecule has 1 aliphatic heterocycles. The number of nitriles is 1. The van der Waals surface area contributed by atoms with Crippen LogP contribution in [-0.4, -0.2) is 66.9 Å². The summed E-state index contributed by atoms with van der Waals surface area (Å²) in [6.07, 6.45) is 3.03. The van der Waals surface area contributed by atoms with Gasteiger partial charge in [-0.15, -0.1) is 0 Å². The highest BCUT2D eigenvalue weighted by molar-refractivity contribution is 5.34. The van der Waals surface area contributed by atoms with Gasteiger partial charge in [0.25, 0.3) is 0 Å². The third-order valence-electron chi connectivity index (χ3n) is 4.64. The summed E-state index contributed by atoms with van der Waals surface area (Å²) in [5, 5.41) is 19.0. The predicted molar refractivity (Wildman–Crippen MR) is 95.0 cm³/mol. The van der Waals surface area contributed by atoms with E-state index in [0.29, 0.717) is 23.9 Å². The zero-order valence-corrected chi connectivity index (χ0v) is 14.8. The summed E-state index contributed by atoms with van der Waals surface area (Å²) in [7, 11) is 2.09. The molecule has 0 amide bonds. The second-order valence-electron chi connectivity index (χ2n) is 6.61. The molecule has 1 fully saturated rings. The van der Waals surface area contributed by atoms with Crippen LogP contribution in [0.5, 0.6) is 5.75 Å². The number of likely N-dealkylation sites (N-methyl/N-ethyl adjacent to an activating group) is 1. The van der Waals surface area contributed by atoms with Gasteiger partial charge >= 0.3 is 0 Å². The standard InChI is InChI=1S/C19H29N3O2/c1-3-10-22-11-8-17(9-12-22)21(2)14-18(23)15-24-19-6-4-16(13-20)5-7-19/h4-7,17-18,23H,3,8-12,14-15H2,1-2H3. The Hall–Kier alpha value is -1.61.